The number of hydrogen-bond donors (Lipinski definition) is 5. The Morgan fingerprint density at radius 2 is 1.62 bits per heavy atom. The molecule has 0 radical (unpaired) electrons. The second-order valence-corrected chi connectivity index (χ2v) is 4.26. The van der Waals surface area contributed by atoms with E-state index >= 15 is 0 Å². The summed E-state index contributed by atoms with van der Waals surface area (Å²) < 4.78 is 10.3. The van der Waals surface area contributed by atoms with E-state index in [0.29, 0.717) is 0 Å². The van der Waals surface area contributed by atoms with Crippen molar-refractivity contribution in [3.05, 3.63) is 23.8 Å². The van der Waals surface area contributed by atoms with E-state index in [2.05, 4.69) is 0 Å². The predicted octanol–water partition coefficient (Wildman–Crippen LogP) is -1.15. The third kappa shape index (κ3) is 5.56. The zero-order valence-electron chi connectivity index (χ0n) is 11.2. The van der Waals surface area contributed by atoms with Gasteiger partial charge in [-0.25, -0.2) is 4.79 Å². The van der Waals surface area contributed by atoms with Gasteiger partial charge in [0.05, 0.1) is 13.2 Å². The Morgan fingerprint density at radius 1 is 1.05 bits per heavy atom. The van der Waals surface area contributed by atoms with Gasteiger partial charge in [0.1, 0.15) is 42.5 Å². The third-order valence-corrected chi connectivity index (χ3v) is 2.48. The Balaban J connectivity index is 2.79. The summed E-state index contributed by atoms with van der Waals surface area (Å²) in [5.74, 6) is -1.04. The molecule has 2 atom stereocenters. The molecule has 118 valence electrons. The number of aromatic carboxylic acids is 1. The highest BCUT2D eigenvalue weighted by atomic mass is 16.5. The molecule has 0 aliphatic carbocycles. The molecule has 0 saturated heterocycles. The Hall–Kier alpha value is -1.87. The number of carbonyl (C=O) groups is 1. The van der Waals surface area contributed by atoms with E-state index in [4.69, 9.17) is 29.9 Å². The highest BCUT2D eigenvalue weighted by molar-refractivity contribution is 5.91. The highest BCUT2D eigenvalue weighted by Gasteiger charge is 2.15. The Labute approximate surface area is 120 Å². The van der Waals surface area contributed by atoms with E-state index in [1.807, 2.05) is 0 Å². The van der Waals surface area contributed by atoms with Crippen LogP contribution >= 0.6 is 0 Å². The molecule has 8 heteroatoms. The molecule has 0 bridgehead atoms. The molecule has 5 N–H and O–H groups in total. The van der Waals surface area contributed by atoms with Gasteiger partial charge in [0.2, 0.25) is 0 Å². The minimum absolute atomic E-state index is 0.0186. The molecule has 0 heterocycles. The predicted molar refractivity (Wildman–Crippen MR) is 70.6 cm³/mol. The molecule has 0 fully saturated rings. The first-order valence-corrected chi connectivity index (χ1v) is 6.18. The molecule has 1 rings (SSSR count). The van der Waals surface area contributed by atoms with Gasteiger partial charge in [-0.2, -0.15) is 0 Å². The van der Waals surface area contributed by atoms with Crippen molar-refractivity contribution in [3.63, 3.8) is 0 Å². The zero-order chi connectivity index (χ0) is 15.8. The first-order valence-electron chi connectivity index (χ1n) is 6.18. The second kappa shape index (κ2) is 8.42. The van der Waals surface area contributed by atoms with E-state index < -0.39 is 31.4 Å². The summed E-state index contributed by atoms with van der Waals surface area (Å²) in [6.45, 7) is -1.39. The van der Waals surface area contributed by atoms with Crippen LogP contribution in [0, 0.1) is 0 Å². The smallest absolute Gasteiger partial charge is 0.339 e. The first-order chi connectivity index (χ1) is 9.97. The van der Waals surface area contributed by atoms with Gasteiger partial charge >= 0.3 is 5.97 Å². The quantitative estimate of drug-likeness (QED) is 0.385. The maximum atomic E-state index is 11.1. The maximum absolute atomic E-state index is 11.1. The SMILES string of the molecule is O=C(O)c1cc(OC[C@@H](O)CO)ccc1OC[C@H](O)CO. The number of benzene rings is 1. The van der Waals surface area contributed by atoms with E-state index in [1.54, 1.807) is 0 Å². The van der Waals surface area contributed by atoms with Crippen molar-refractivity contribution in [2.24, 2.45) is 0 Å². The molecule has 0 spiro atoms. The van der Waals surface area contributed by atoms with Crippen LogP contribution in [0.2, 0.25) is 0 Å². The van der Waals surface area contributed by atoms with Crippen LogP contribution in [0.4, 0.5) is 0 Å². The number of carboxylic acids is 1. The summed E-state index contributed by atoms with van der Waals surface area (Å²) in [6.07, 6.45) is -2.17. The van der Waals surface area contributed by atoms with Gasteiger partial charge in [-0.15, -0.1) is 0 Å². The van der Waals surface area contributed by atoms with Gasteiger partial charge in [0, 0.05) is 0 Å². The minimum Gasteiger partial charge on any atom is -0.491 e. The molecular formula is C13H18O8. The van der Waals surface area contributed by atoms with Crippen LogP contribution in [-0.2, 0) is 0 Å². The molecule has 0 saturated carbocycles. The fraction of sp³-hybridized carbons (Fsp3) is 0.462. The van der Waals surface area contributed by atoms with E-state index in [0.717, 1.165) is 0 Å². The molecule has 0 aliphatic rings. The van der Waals surface area contributed by atoms with Crippen molar-refractivity contribution < 1.29 is 39.8 Å². The molecular weight excluding hydrogens is 284 g/mol. The molecule has 0 unspecified atom stereocenters. The Morgan fingerprint density at radius 3 is 2.14 bits per heavy atom. The third-order valence-electron chi connectivity index (χ3n) is 2.48. The summed E-state index contributed by atoms with van der Waals surface area (Å²) in [5, 5.41) is 44.8. The maximum Gasteiger partial charge on any atom is 0.339 e. The van der Waals surface area contributed by atoms with Crippen LogP contribution in [0.1, 0.15) is 10.4 Å². The van der Waals surface area contributed by atoms with Crippen molar-refractivity contribution in [2.75, 3.05) is 26.4 Å². The fourth-order valence-corrected chi connectivity index (χ4v) is 1.38. The Kier molecular flexibility index (Phi) is 6.89. The largest absolute Gasteiger partial charge is 0.491 e. The van der Waals surface area contributed by atoms with Gasteiger partial charge in [0.25, 0.3) is 0 Å². The van der Waals surface area contributed by atoms with Crippen molar-refractivity contribution in [3.8, 4) is 11.5 Å². The first kappa shape index (κ1) is 17.2. The van der Waals surface area contributed by atoms with Gasteiger partial charge in [-0.05, 0) is 18.2 Å². The number of hydrogen-bond acceptors (Lipinski definition) is 7. The lowest BCUT2D eigenvalue weighted by molar-refractivity contribution is 0.0509. The van der Waals surface area contributed by atoms with Crippen molar-refractivity contribution in [2.45, 2.75) is 12.2 Å². The average Bonchev–Trinajstić information content (AvgIpc) is 2.50. The van der Waals surface area contributed by atoms with Crippen LogP contribution < -0.4 is 9.47 Å². The fourth-order valence-electron chi connectivity index (χ4n) is 1.38. The second-order valence-electron chi connectivity index (χ2n) is 4.26. The van der Waals surface area contributed by atoms with E-state index in [9.17, 15) is 9.90 Å². The Bertz CT molecular complexity index is 461. The lowest BCUT2D eigenvalue weighted by Gasteiger charge is -2.14. The van der Waals surface area contributed by atoms with Crippen molar-refractivity contribution >= 4 is 5.97 Å². The number of carboxylic acid groups (broad SMARTS) is 1. The van der Waals surface area contributed by atoms with Crippen LogP contribution in [0.5, 0.6) is 11.5 Å². The van der Waals surface area contributed by atoms with Gasteiger partial charge in [0.15, 0.2) is 0 Å². The summed E-state index contributed by atoms with van der Waals surface area (Å²) in [6, 6.07) is 3.97. The van der Waals surface area contributed by atoms with Crippen molar-refractivity contribution in [1.29, 1.82) is 0 Å². The monoisotopic (exact) mass is 302 g/mol. The molecule has 1 aromatic carbocycles. The molecule has 0 aromatic heterocycles. The average molecular weight is 302 g/mol. The number of aliphatic hydroxyl groups excluding tert-OH is 4. The molecule has 1 aromatic rings. The lowest BCUT2D eigenvalue weighted by Crippen LogP contribution is -2.22. The summed E-state index contributed by atoms with van der Waals surface area (Å²) in [4.78, 5) is 11.1. The number of aliphatic hydroxyl groups is 4. The topological polar surface area (TPSA) is 137 Å². The highest BCUT2D eigenvalue weighted by Crippen LogP contribution is 2.24. The number of rotatable bonds is 9. The molecule has 21 heavy (non-hydrogen) atoms. The van der Waals surface area contributed by atoms with Crippen LogP contribution in [0.3, 0.4) is 0 Å². The molecule has 0 amide bonds. The molecule has 8 nitrogen and oxygen atoms in total. The minimum atomic E-state index is -1.25. The van der Waals surface area contributed by atoms with E-state index in [1.165, 1.54) is 18.2 Å². The van der Waals surface area contributed by atoms with Gasteiger partial charge in [-0.3, -0.25) is 0 Å². The number of ether oxygens (including phenoxy) is 2. The standard InChI is InChI=1S/C13H18O8/c14-4-8(16)6-20-10-1-2-12(11(3-10)13(18)19)21-7-9(17)5-15/h1-3,8-9,14-17H,4-7H2,(H,18,19)/t8-,9+/m0/s1. The zero-order valence-corrected chi connectivity index (χ0v) is 11.2. The van der Waals surface area contributed by atoms with Gasteiger partial charge < -0.3 is 35.0 Å². The lowest BCUT2D eigenvalue weighted by atomic mass is 10.2. The van der Waals surface area contributed by atoms with Crippen LogP contribution in [0.15, 0.2) is 18.2 Å². The van der Waals surface area contributed by atoms with Crippen LogP contribution in [-0.4, -0.2) is 70.1 Å². The molecule has 0 aliphatic heterocycles. The van der Waals surface area contributed by atoms with Crippen LogP contribution in [0.25, 0.3) is 0 Å². The summed E-state index contributed by atoms with van der Waals surface area (Å²) in [7, 11) is 0. The summed E-state index contributed by atoms with van der Waals surface area (Å²) >= 11 is 0. The van der Waals surface area contributed by atoms with Crippen molar-refractivity contribution in [1.82, 2.24) is 0 Å². The van der Waals surface area contributed by atoms with E-state index in [-0.39, 0.29) is 30.3 Å². The normalized spacial score (nSPS) is 13.5. The summed E-state index contributed by atoms with van der Waals surface area (Å²) in [5.41, 5.74) is -0.184. The van der Waals surface area contributed by atoms with Gasteiger partial charge in [-0.1, -0.05) is 0 Å².